The minimum absolute atomic E-state index is 0.116. The van der Waals surface area contributed by atoms with Crippen LogP contribution in [-0.2, 0) is 16.6 Å². The summed E-state index contributed by atoms with van der Waals surface area (Å²) in [5.74, 6) is 0.730. The van der Waals surface area contributed by atoms with Gasteiger partial charge in [-0.05, 0) is 67.9 Å². The third-order valence-electron chi connectivity index (χ3n) is 6.21. The molecule has 1 saturated heterocycles. The van der Waals surface area contributed by atoms with E-state index in [-0.39, 0.29) is 15.9 Å². The Kier molecular flexibility index (Phi) is 6.64. The first-order valence-corrected chi connectivity index (χ1v) is 13.8. The highest BCUT2D eigenvalue weighted by atomic mass is 32.2. The van der Waals surface area contributed by atoms with Crippen molar-refractivity contribution in [3.05, 3.63) is 88.0 Å². The van der Waals surface area contributed by atoms with Gasteiger partial charge in [-0.2, -0.15) is 0 Å². The van der Waals surface area contributed by atoms with Crippen LogP contribution in [0.3, 0.4) is 0 Å². The number of nitrogens with one attached hydrogen (secondary N) is 1. The van der Waals surface area contributed by atoms with Crippen LogP contribution in [0.4, 0.5) is 5.69 Å². The van der Waals surface area contributed by atoms with Crippen molar-refractivity contribution < 1.29 is 13.2 Å². The molecule has 5 rings (SSSR count). The number of thiazole rings is 1. The number of fused-ring (bicyclic) bond motifs is 1. The number of benzene rings is 3. The molecule has 0 bridgehead atoms. The molecule has 0 radical (unpaired) electrons. The molecule has 1 aromatic heterocycles. The van der Waals surface area contributed by atoms with Gasteiger partial charge in [0.15, 0.2) is 0 Å². The fourth-order valence-corrected chi connectivity index (χ4v) is 6.33. The van der Waals surface area contributed by atoms with Gasteiger partial charge in [0.25, 0.3) is 10.0 Å². The van der Waals surface area contributed by atoms with Crippen molar-refractivity contribution in [1.29, 1.82) is 0 Å². The van der Waals surface area contributed by atoms with E-state index in [9.17, 15) is 13.2 Å². The summed E-state index contributed by atoms with van der Waals surface area (Å²) in [5, 5.41) is 0. The van der Waals surface area contributed by atoms with E-state index in [4.69, 9.17) is 4.74 Å². The third-order valence-corrected chi connectivity index (χ3v) is 8.53. The van der Waals surface area contributed by atoms with Crippen molar-refractivity contribution in [2.45, 2.75) is 30.4 Å². The first-order chi connectivity index (χ1) is 16.9. The van der Waals surface area contributed by atoms with E-state index in [1.54, 1.807) is 41.0 Å². The van der Waals surface area contributed by atoms with Crippen LogP contribution in [0.15, 0.2) is 82.5 Å². The maximum Gasteiger partial charge on any atom is 0.308 e. The second-order valence-electron chi connectivity index (χ2n) is 8.82. The summed E-state index contributed by atoms with van der Waals surface area (Å²) in [5.41, 5.74) is 2.18. The van der Waals surface area contributed by atoms with Gasteiger partial charge < -0.3 is 9.64 Å². The van der Waals surface area contributed by atoms with Crippen molar-refractivity contribution in [2.75, 3.05) is 24.9 Å². The lowest BCUT2D eigenvalue weighted by Gasteiger charge is -2.29. The summed E-state index contributed by atoms with van der Waals surface area (Å²) in [4.78, 5) is 14.9. The third kappa shape index (κ3) is 5.42. The van der Waals surface area contributed by atoms with Crippen molar-refractivity contribution in [1.82, 2.24) is 9.47 Å². The Morgan fingerprint density at radius 3 is 2.43 bits per heavy atom. The Hall–Kier alpha value is -3.14. The predicted octanol–water partition coefficient (Wildman–Crippen LogP) is 4.39. The second-order valence-corrected chi connectivity index (χ2v) is 11.5. The second kappa shape index (κ2) is 9.85. The summed E-state index contributed by atoms with van der Waals surface area (Å²) >= 11 is 1.05. The van der Waals surface area contributed by atoms with Gasteiger partial charge in [-0.3, -0.25) is 14.1 Å². The molecule has 9 heteroatoms. The van der Waals surface area contributed by atoms with Crippen LogP contribution in [0.2, 0.25) is 0 Å². The van der Waals surface area contributed by atoms with Crippen LogP contribution >= 0.6 is 11.3 Å². The topological polar surface area (TPSA) is 80.6 Å². The summed E-state index contributed by atoms with van der Waals surface area (Å²) in [7, 11) is -1.71. The van der Waals surface area contributed by atoms with E-state index in [0.29, 0.717) is 16.9 Å². The van der Waals surface area contributed by atoms with Gasteiger partial charge in [-0.25, -0.2) is 8.42 Å². The number of piperidine rings is 1. The van der Waals surface area contributed by atoms with Crippen molar-refractivity contribution in [3.8, 4) is 5.75 Å². The van der Waals surface area contributed by atoms with Crippen molar-refractivity contribution >= 4 is 37.3 Å². The SMILES string of the molecule is CN1CCC(Oc2ccc(NS(=O)(=O)c3ccc4c(c3)sc(=O)n4Cc3ccccc3)cc2)CC1. The van der Waals surface area contributed by atoms with Crippen molar-refractivity contribution in [3.63, 3.8) is 0 Å². The molecular weight excluding hydrogens is 482 g/mol. The summed E-state index contributed by atoms with van der Waals surface area (Å²) < 4.78 is 37.0. The van der Waals surface area contributed by atoms with Gasteiger partial charge in [0.1, 0.15) is 11.9 Å². The monoisotopic (exact) mass is 509 g/mol. The van der Waals surface area contributed by atoms with E-state index >= 15 is 0 Å². The number of aromatic nitrogens is 1. The molecule has 1 N–H and O–H groups in total. The molecule has 0 saturated carbocycles. The molecule has 7 nitrogen and oxygen atoms in total. The Morgan fingerprint density at radius 2 is 1.71 bits per heavy atom. The zero-order chi connectivity index (χ0) is 24.4. The average Bonchev–Trinajstić information content (AvgIpc) is 3.16. The number of likely N-dealkylation sites (tertiary alicyclic amines) is 1. The van der Waals surface area contributed by atoms with E-state index < -0.39 is 10.0 Å². The molecule has 182 valence electrons. The van der Waals surface area contributed by atoms with Crippen LogP contribution in [-0.4, -0.2) is 44.1 Å². The van der Waals surface area contributed by atoms with Gasteiger partial charge in [0.2, 0.25) is 0 Å². The molecule has 2 heterocycles. The highest BCUT2D eigenvalue weighted by molar-refractivity contribution is 7.92. The van der Waals surface area contributed by atoms with E-state index in [1.807, 2.05) is 30.3 Å². The standard InChI is InChI=1S/C26H27N3O4S2/c1-28-15-13-22(14-16-28)33-21-9-7-20(8-10-21)27-35(31,32)23-11-12-24-25(17-23)34-26(30)29(24)18-19-5-3-2-4-6-19/h2-12,17,22,27H,13-16,18H2,1H3. The molecule has 0 unspecified atom stereocenters. The maximum atomic E-state index is 13.0. The minimum atomic E-state index is -3.81. The summed E-state index contributed by atoms with van der Waals surface area (Å²) in [6.45, 7) is 2.46. The number of rotatable bonds is 7. The van der Waals surface area contributed by atoms with Crippen LogP contribution in [0.5, 0.6) is 5.75 Å². The number of hydrogen-bond donors (Lipinski definition) is 1. The van der Waals surface area contributed by atoms with Gasteiger partial charge >= 0.3 is 4.87 Å². The van der Waals surface area contributed by atoms with Crippen LogP contribution in [0, 0.1) is 0 Å². The van der Waals surface area contributed by atoms with Gasteiger partial charge in [0.05, 0.1) is 21.7 Å². The minimum Gasteiger partial charge on any atom is -0.490 e. The van der Waals surface area contributed by atoms with E-state index in [2.05, 4.69) is 16.7 Å². The molecule has 0 amide bonds. The molecular formula is C26H27N3O4S2. The largest absolute Gasteiger partial charge is 0.490 e. The number of ether oxygens (including phenoxy) is 1. The van der Waals surface area contributed by atoms with Crippen LogP contribution in [0.1, 0.15) is 18.4 Å². The molecule has 3 aromatic carbocycles. The summed E-state index contributed by atoms with van der Waals surface area (Å²) in [6, 6.07) is 21.5. The van der Waals surface area contributed by atoms with Gasteiger partial charge in [-0.1, -0.05) is 41.7 Å². The number of sulfonamides is 1. The van der Waals surface area contributed by atoms with E-state index in [0.717, 1.165) is 54.1 Å². The molecule has 4 aromatic rings. The maximum absolute atomic E-state index is 13.0. The molecule has 1 fully saturated rings. The quantitative estimate of drug-likeness (QED) is 0.400. The van der Waals surface area contributed by atoms with Crippen LogP contribution < -0.4 is 14.3 Å². The molecule has 1 aliphatic rings. The Balaban J connectivity index is 1.30. The average molecular weight is 510 g/mol. The Morgan fingerprint density at radius 1 is 1.00 bits per heavy atom. The van der Waals surface area contributed by atoms with Gasteiger partial charge in [0, 0.05) is 18.8 Å². The lowest BCUT2D eigenvalue weighted by atomic mass is 10.1. The molecule has 0 atom stereocenters. The zero-order valence-electron chi connectivity index (χ0n) is 19.4. The lowest BCUT2D eigenvalue weighted by molar-refractivity contribution is 0.114. The lowest BCUT2D eigenvalue weighted by Crippen LogP contribution is -2.35. The fraction of sp³-hybridized carbons (Fsp3) is 0.269. The fourth-order valence-electron chi connectivity index (χ4n) is 4.24. The predicted molar refractivity (Wildman–Crippen MR) is 140 cm³/mol. The van der Waals surface area contributed by atoms with Crippen LogP contribution in [0.25, 0.3) is 10.2 Å². The molecule has 0 aliphatic carbocycles. The van der Waals surface area contributed by atoms with Crippen molar-refractivity contribution in [2.24, 2.45) is 0 Å². The number of anilines is 1. The summed E-state index contributed by atoms with van der Waals surface area (Å²) in [6.07, 6.45) is 2.14. The smallest absolute Gasteiger partial charge is 0.308 e. The Labute approximate surface area is 208 Å². The normalized spacial score (nSPS) is 15.3. The zero-order valence-corrected chi connectivity index (χ0v) is 21.0. The molecule has 0 spiro atoms. The molecule has 35 heavy (non-hydrogen) atoms. The highest BCUT2D eigenvalue weighted by Gasteiger charge is 2.19. The number of nitrogens with zero attached hydrogens (tertiary/aromatic N) is 2. The number of hydrogen-bond acceptors (Lipinski definition) is 6. The highest BCUT2D eigenvalue weighted by Crippen LogP contribution is 2.26. The van der Waals surface area contributed by atoms with Gasteiger partial charge in [-0.15, -0.1) is 0 Å². The van der Waals surface area contributed by atoms with E-state index in [1.165, 1.54) is 6.07 Å². The molecule has 1 aliphatic heterocycles. The Bertz CT molecular complexity index is 1470. The first kappa shape index (κ1) is 23.6. The first-order valence-electron chi connectivity index (χ1n) is 11.5.